The van der Waals surface area contributed by atoms with Crippen LogP contribution >= 0.6 is 15.9 Å². The number of hydrogen-bond acceptors (Lipinski definition) is 2. The molecule has 1 aromatic carbocycles. The highest BCUT2D eigenvalue weighted by atomic mass is 79.9. The Hall–Kier alpha value is -1.43. The Balaban J connectivity index is 1.60. The lowest BCUT2D eigenvalue weighted by Gasteiger charge is -2.33. The maximum atomic E-state index is 13.1. The van der Waals surface area contributed by atoms with Crippen LogP contribution in [0.4, 0.5) is 4.39 Å². The van der Waals surface area contributed by atoms with Crippen molar-refractivity contribution in [1.29, 1.82) is 0 Å². The SMILES string of the molecule is O=C(c1ccc(F)cc1Br)N1CCC(C(=O)N2CCCC2)CC1. The van der Waals surface area contributed by atoms with E-state index in [1.165, 1.54) is 18.2 Å². The quantitative estimate of drug-likeness (QED) is 0.788. The van der Waals surface area contributed by atoms with E-state index in [1.54, 1.807) is 4.90 Å². The molecule has 0 saturated carbocycles. The molecule has 3 rings (SSSR count). The van der Waals surface area contributed by atoms with Gasteiger partial charge in [0.1, 0.15) is 5.82 Å². The second-order valence-electron chi connectivity index (χ2n) is 6.22. The molecule has 0 bridgehead atoms. The highest BCUT2D eigenvalue weighted by Gasteiger charge is 2.31. The van der Waals surface area contributed by atoms with E-state index in [0.29, 0.717) is 36.0 Å². The van der Waals surface area contributed by atoms with Crippen LogP contribution in [0.15, 0.2) is 22.7 Å². The second kappa shape index (κ2) is 6.99. The van der Waals surface area contributed by atoms with Gasteiger partial charge in [-0.05, 0) is 59.8 Å². The van der Waals surface area contributed by atoms with Crippen LogP contribution in [0.2, 0.25) is 0 Å². The van der Waals surface area contributed by atoms with Crippen LogP contribution in [0.5, 0.6) is 0 Å². The lowest BCUT2D eigenvalue weighted by atomic mass is 9.95. The van der Waals surface area contributed by atoms with E-state index in [1.807, 2.05) is 4.90 Å². The van der Waals surface area contributed by atoms with Gasteiger partial charge < -0.3 is 9.80 Å². The molecule has 1 aromatic rings. The van der Waals surface area contributed by atoms with Gasteiger partial charge in [-0.15, -0.1) is 0 Å². The summed E-state index contributed by atoms with van der Waals surface area (Å²) in [5.41, 5.74) is 0.468. The lowest BCUT2D eigenvalue weighted by molar-refractivity contribution is -0.135. The molecular formula is C17H20BrFN2O2. The van der Waals surface area contributed by atoms with Crippen LogP contribution < -0.4 is 0 Å². The molecule has 2 heterocycles. The topological polar surface area (TPSA) is 40.6 Å². The number of hydrogen-bond donors (Lipinski definition) is 0. The van der Waals surface area contributed by atoms with Gasteiger partial charge in [-0.3, -0.25) is 9.59 Å². The van der Waals surface area contributed by atoms with Crippen molar-refractivity contribution in [2.45, 2.75) is 25.7 Å². The largest absolute Gasteiger partial charge is 0.342 e. The van der Waals surface area contributed by atoms with Gasteiger partial charge in [0.2, 0.25) is 5.91 Å². The average molecular weight is 383 g/mol. The highest BCUT2D eigenvalue weighted by molar-refractivity contribution is 9.10. The van der Waals surface area contributed by atoms with Gasteiger partial charge in [-0.2, -0.15) is 0 Å². The first kappa shape index (κ1) is 16.4. The zero-order chi connectivity index (χ0) is 16.4. The average Bonchev–Trinajstić information content (AvgIpc) is 3.08. The predicted molar refractivity (Wildman–Crippen MR) is 88.5 cm³/mol. The fourth-order valence-electron chi connectivity index (χ4n) is 3.36. The number of carbonyl (C=O) groups excluding carboxylic acids is 2. The summed E-state index contributed by atoms with van der Waals surface area (Å²) in [6.45, 7) is 2.90. The van der Waals surface area contributed by atoms with Crippen LogP contribution in [0.3, 0.4) is 0 Å². The third-order valence-electron chi connectivity index (χ3n) is 4.71. The van der Waals surface area contributed by atoms with E-state index in [2.05, 4.69) is 15.9 Å². The molecule has 6 heteroatoms. The van der Waals surface area contributed by atoms with Crippen LogP contribution in [-0.2, 0) is 4.79 Å². The Kier molecular flexibility index (Phi) is 4.99. The number of likely N-dealkylation sites (tertiary alicyclic amines) is 2. The minimum Gasteiger partial charge on any atom is -0.342 e. The molecule has 124 valence electrons. The van der Waals surface area contributed by atoms with E-state index in [4.69, 9.17) is 0 Å². The van der Waals surface area contributed by atoms with Gasteiger partial charge in [0.25, 0.3) is 5.91 Å². The van der Waals surface area contributed by atoms with E-state index in [-0.39, 0.29) is 23.5 Å². The molecule has 0 unspecified atom stereocenters. The van der Waals surface area contributed by atoms with E-state index in [0.717, 1.165) is 25.9 Å². The van der Waals surface area contributed by atoms with E-state index >= 15 is 0 Å². The van der Waals surface area contributed by atoms with Gasteiger partial charge in [-0.1, -0.05) is 0 Å². The zero-order valence-corrected chi connectivity index (χ0v) is 14.5. The lowest BCUT2D eigenvalue weighted by Crippen LogP contribution is -2.43. The zero-order valence-electron chi connectivity index (χ0n) is 12.9. The number of amides is 2. The molecule has 2 saturated heterocycles. The molecule has 2 fully saturated rings. The number of rotatable bonds is 2. The van der Waals surface area contributed by atoms with E-state index in [9.17, 15) is 14.0 Å². The van der Waals surface area contributed by atoms with Crippen molar-refractivity contribution in [2.75, 3.05) is 26.2 Å². The molecule has 2 aliphatic heterocycles. The summed E-state index contributed by atoms with van der Waals surface area (Å²) in [6.07, 6.45) is 3.61. The van der Waals surface area contributed by atoms with Crippen molar-refractivity contribution in [2.24, 2.45) is 5.92 Å². The minimum atomic E-state index is -0.372. The Morgan fingerprint density at radius 3 is 2.30 bits per heavy atom. The molecular weight excluding hydrogens is 363 g/mol. The third kappa shape index (κ3) is 3.57. The highest BCUT2D eigenvalue weighted by Crippen LogP contribution is 2.25. The predicted octanol–water partition coefficient (Wildman–Crippen LogP) is 3.06. The standard InChI is InChI=1S/C17H20BrFN2O2/c18-15-11-13(19)3-4-14(15)17(23)21-9-5-12(6-10-21)16(22)20-7-1-2-8-20/h3-4,11-12H,1-2,5-10H2. The Labute approximate surface area is 143 Å². The van der Waals surface area contributed by atoms with Gasteiger partial charge in [0.05, 0.1) is 5.56 Å². The Morgan fingerprint density at radius 2 is 1.70 bits per heavy atom. The molecule has 0 aliphatic carbocycles. The Morgan fingerprint density at radius 1 is 1.04 bits per heavy atom. The summed E-state index contributed by atoms with van der Waals surface area (Å²) in [6, 6.07) is 4.10. The fraction of sp³-hybridized carbons (Fsp3) is 0.529. The molecule has 0 radical (unpaired) electrons. The number of carbonyl (C=O) groups is 2. The first-order valence-electron chi connectivity index (χ1n) is 8.09. The van der Waals surface area contributed by atoms with Crippen LogP contribution in [0, 0.1) is 11.7 Å². The van der Waals surface area contributed by atoms with Crippen molar-refractivity contribution in [1.82, 2.24) is 9.80 Å². The maximum absolute atomic E-state index is 13.1. The van der Waals surface area contributed by atoms with Crippen LogP contribution in [0.25, 0.3) is 0 Å². The Bertz CT molecular complexity index is 609. The molecule has 2 amide bonds. The minimum absolute atomic E-state index is 0.0359. The monoisotopic (exact) mass is 382 g/mol. The number of piperidine rings is 1. The van der Waals surface area contributed by atoms with Crippen LogP contribution in [-0.4, -0.2) is 47.8 Å². The van der Waals surface area contributed by atoms with Gasteiger partial charge >= 0.3 is 0 Å². The normalized spacial score (nSPS) is 19.2. The molecule has 0 N–H and O–H groups in total. The summed E-state index contributed by atoms with van der Waals surface area (Å²) in [7, 11) is 0. The maximum Gasteiger partial charge on any atom is 0.255 e. The third-order valence-corrected chi connectivity index (χ3v) is 5.37. The molecule has 23 heavy (non-hydrogen) atoms. The molecule has 0 aromatic heterocycles. The molecule has 0 atom stereocenters. The summed E-state index contributed by atoms with van der Waals surface area (Å²) in [5.74, 6) is -0.196. The fourth-order valence-corrected chi connectivity index (χ4v) is 3.88. The smallest absolute Gasteiger partial charge is 0.255 e. The van der Waals surface area contributed by atoms with Crippen LogP contribution in [0.1, 0.15) is 36.0 Å². The number of nitrogens with zero attached hydrogens (tertiary/aromatic N) is 2. The molecule has 2 aliphatic rings. The summed E-state index contributed by atoms with van der Waals surface area (Å²) in [5, 5.41) is 0. The van der Waals surface area contributed by atoms with Crippen molar-refractivity contribution in [3.63, 3.8) is 0 Å². The van der Waals surface area contributed by atoms with Gasteiger partial charge in [0, 0.05) is 36.6 Å². The van der Waals surface area contributed by atoms with Gasteiger partial charge in [0.15, 0.2) is 0 Å². The molecule has 4 nitrogen and oxygen atoms in total. The van der Waals surface area contributed by atoms with Crippen molar-refractivity contribution >= 4 is 27.7 Å². The number of benzene rings is 1. The number of halogens is 2. The van der Waals surface area contributed by atoms with Crippen molar-refractivity contribution in [3.05, 3.63) is 34.1 Å². The van der Waals surface area contributed by atoms with Crippen molar-refractivity contribution in [3.8, 4) is 0 Å². The van der Waals surface area contributed by atoms with Crippen molar-refractivity contribution < 1.29 is 14.0 Å². The second-order valence-corrected chi connectivity index (χ2v) is 7.08. The summed E-state index contributed by atoms with van der Waals surface area (Å²) >= 11 is 3.25. The summed E-state index contributed by atoms with van der Waals surface area (Å²) in [4.78, 5) is 28.7. The molecule has 0 spiro atoms. The van der Waals surface area contributed by atoms with E-state index < -0.39 is 0 Å². The first-order chi connectivity index (χ1) is 11.1. The first-order valence-corrected chi connectivity index (χ1v) is 8.88. The summed E-state index contributed by atoms with van der Waals surface area (Å²) < 4.78 is 13.6. The van der Waals surface area contributed by atoms with Gasteiger partial charge in [-0.25, -0.2) is 4.39 Å².